The number of hydrogen-bond donors (Lipinski definition) is 0. The lowest BCUT2D eigenvalue weighted by molar-refractivity contribution is -0.138. The lowest BCUT2D eigenvalue weighted by atomic mass is 10.0. The number of amides is 2. The van der Waals surface area contributed by atoms with E-state index in [2.05, 4.69) is 4.57 Å². The molecule has 0 bridgehead atoms. The Balaban J connectivity index is 1.32. The number of nitrogens with zero attached hydrogens (tertiary/aromatic N) is 3. The topological polar surface area (TPSA) is 54.8 Å². The molecule has 1 aliphatic carbocycles. The highest BCUT2D eigenvalue weighted by molar-refractivity contribution is 5.94. The first kappa shape index (κ1) is 16.4. The molecule has 2 aromatic rings. The maximum atomic E-state index is 13.4. The van der Waals surface area contributed by atoms with Crippen LogP contribution < -0.4 is 0 Å². The molecular formula is C22H23N3O3. The number of carbonyl (C=O) groups is 2. The van der Waals surface area contributed by atoms with E-state index in [1.54, 1.807) is 0 Å². The molecule has 4 fully saturated rings. The third-order valence-corrected chi connectivity index (χ3v) is 6.84. The van der Waals surface area contributed by atoms with Gasteiger partial charge in [-0.25, -0.2) is 0 Å². The Morgan fingerprint density at radius 2 is 1.93 bits per heavy atom. The number of carbonyl (C=O) groups excluding carboxylic acids is 2. The predicted octanol–water partition coefficient (Wildman–Crippen LogP) is 2.74. The molecule has 1 spiro atoms. The second-order valence-electron chi connectivity index (χ2n) is 8.35. The number of aromatic nitrogens is 1. The largest absolute Gasteiger partial charge is 0.351 e. The Kier molecular flexibility index (Phi) is 3.33. The molecule has 4 aliphatic rings. The Bertz CT molecular complexity index is 951. The first-order valence-electron chi connectivity index (χ1n) is 10.2. The molecular weight excluding hydrogens is 354 g/mol. The van der Waals surface area contributed by atoms with Crippen molar-refractivity contribution in [1.29, 1.82) is 0 Å². The highest BCUT2D eigenvalue weighted by Gasteiger charge is 2.65. The maximum absolute atomic E-state index is 13.4. The van der Waals surface area contributed by atoms with Gasteiger partial charge in [0.1, 0.15) is 5.69 Å². The predicted molar refractivity (Wildman–Crippen MR) is 101 cm³/mol. The first-order chi connectivity index (χ1) is 13.7. The molecule has 0 radical (unpaired) electrons. The molecule has 3 atom stereocenters. The van der Waals surface area contributed by atoms with Crippen LogP contribution in [0.2, 0.25) is 0 Å². The Hall–Kier alpha value is -2.60. The Morgan fingerprint density at radius 1 is 1.11 bits per heavy atom. The summed E-state index contributed by atoms with van der Waals surface area (Å²) < 4.78 is 8.42. The van der Waals surface area contributed by atoms with E-state index in [0.717, 1.165) is 24.1 Å². The van der Waals surface area contributed by atoms with E-state index in [0.29, 0.717) is 32.0 Å². The SMILES string of the molecule is O=C(c1cccn1C1CC1)N1CC[C@@]23OC[C@@H](c4ccccc4)N2C(=O)C[C@@H]13. The average Bonchev–Trinajstić information content (AvgIpc) is 3.07. The van der Waals surface area contributed by atoms with Crippen LogP contribution in [-0.4, -0.2) is 51.1 Å². The normalized spacial score (nSPS) is 31.4. The molecule has 3 aliphatic heterocycles. The van der Waals surface area contributed by atoms with Crippen molar-refractivity contribution < 1.29 is 14.3 Å². The monoisotopic (exact) mass is 377 g/mol. The van der Waals surface area contributed by atoms with E-state index >= 15 is 0 Å². The van der Waals surface area contributed by atoms with Crippen molar-refractivity contribution in [3.05, 3.63) is 59.9 Å². The molecule has 4 heterocycles. The minimum absolute atomic E-state index is 0.0280. The van der Waals surface area contributed by atoms with Crippen LogP contribution in [0.4, 0.5) is 0 Å². The molecule has 1 saturated carbocycles. The standard InChI is InChI=1S/C22H23N3O3/c26-20-13-19-22(25(20)18(14-28-22)15-5-2-1-3-6-15)10-12-24(19)21(27)17-7-4-11-23(17)16-8-9-16/h1-7,11,16,18-19H,8-10,12-14H2/t18-,19+,22-/m0/s1. The van der Waals surface area contributed by atoms with E-state index in [-0.39, 0.29) is 23.9 Å². The summed E-state index contributed by atoms with van der Waals surface area (Å²) in [5.41, 5.74) is 1.17. The molecule has 1 aromatic carbocycles. The van der Waals surface area contributed by atoms with Crippen LogP contribution in [0.3, 0.4) is 0 Å². The van der Waals surface area contributed by atoms with E-state index < -0.39 is 5.72 Å². The number of ether oxygens (including phenoxy) is 1. The second kappa shape index (κ2) is 5.70. The summed E-state index contributed by atoms with van der Waals surface area (Å²) in [5.74, 6) is 0.117. The van der Waals surface area contributed by atoms with Gasteiger partial charge in [-0.2, -0.15) is 0 Å². The van der Waals surface area contributed by atoms with Gasteiger partial charge in [0.25, 0.3) is 5.91 Å². The molecule has 6 rings (SSSR count). The Morgan fingerprint density at radius 3 is 2.71 bits per heavy atom. The smallest absolute Gasteiger partial charge is 0.270 e. The molecule has 0 unspecified atom stereocenters. The van der Waals surface area contributed by atoms with Crippen molar-refractivity contribution in [1.82, 2.24) is 14.4 Å². The van der Waals surface area contributed by atoms with Crippen LogP contribution in [0.1, 0.15) is 53.8 Å². The van der Waals surface area contributed by atoms with Crippen molar-refractivity contribution in [2.24, 2.45) is 0 Å². The number of likely N-dealkylation sites (tertiary alicyclic amines) is 1. The molecule has 144 valence electrons. The second-order valence-corrected chi connectivity index (χ2v) is 8.35. The van der Waals surface area contributed by atoms with Crippen molar-refractivity contribution in [3.8, 4) is 0 Å². The molecule has 3 saturated heterocycles. The third-order valence-electron chi connectivity index (χ3n) is 6.84. The van der Waals surface area contributed by atoms with Gasteiger partial charge in [0.2, 0.25) is 5.91 Å². The zero-order valence-corrected chi connectivity index (χ0v) is 15.7. The summed E-state index contributed by atoms with van der Waals surface area (Å²) in [7, 11) is 0. The zero-order chi connectivity index (χ0) is 18.9. The zero-order valence-electron chi connectivity index (χ0n) is 15.7. The molecule has 1 aromatic heterocycles. The summed E-state index contributed by atoms with van der Waals surface area (Å²) in [6.07, 6.45) is 5.30. The van der Waals surface area contributed by atoms with Crippen LogP contribution in [0.25, 0.3) is 0 Å². The third kappa shape index (κ3) is 2.12. The number of benzene rings is 1. The van der Waals surface area contributed by atoms with E-state index in [1.165, 1.54) is 0 Å². The van der Waals surface area contributed by atoms with Crippen LogP contribution >= 0.6 is 0 Å². The fourth-order valence-electron chi connectivity index (χ4n) is 5.40. The van der Waals surface area contributed by atoms with Crippen LogP contribution in [-0.2, 0) is 9.53 Å². The highest BCUT2D eigenvalue weighted by Crippen LogP contribution is 2.52. The van der Waals surface area contributed by atoms with Crippen LogP contribution in [0.15, 0.2) is 48.7 Å². The summed E-state index contributed by atoms with van der Waals surface area (Å²) in [6, 6.07) is 14.1. The summed E-state index contributed by atoms with van der Waals surface area (Å²) in [4.78, 5) is 30.2. The number of rotatable bonds is 3. The maximum Gasteiger partial charge on any atom is 0.270 e. The van der Waals surface area contributed by atoms with Gasteiger partial charge in [-0.1, -0.05) is 30.3 Å². The minimum atomic E-state index is -0.662. The molecule has 28 heavy (non-hydrogen) atoms. The molecule has 2 amide bonds. The van der Waals surface area contributed by atoms with Crippen molar-refractivity contribution in [2.75, 3.05) is 13.2 Å². The molecule has 6 heteroatoms. The molecule has 0 N–H and O–H groups in total. The van der Waals surface area contributed by atoms with Crippen molar-refractivity contribution >= 4 is 11.8 Å². The molecule has 6 nitrogen and oxygen atoms in total. The van der Waals surface area contributed by atoms with Gasteiger partial charge in [-0.05, 0) is 30.5 Å². The number of hydrogen-bond acceptors (Lipinski definition) is 3. The van der Waals surface area contributed by atoms with Crippen molar-refractivity contribution in [2.45, 2.75) is 49.5 Å². The van der Waals surface area contributed by atoms with Gasteiger partial charge in [-0.3, -0.25) is 9.59 Å². The van der Waals surface area contributed by atoms with E-state index in [9.17, 15) is 9.59 Å². The van der Waals surface area contributed by atoms with E-state index in [1.807, 2.05) is 58.5 Å². The van der Waals surface area contributed by atoms with Crippen molar-refractivity contribution in [3.63, 3.8) is 0 Å². The average molecular weight is 377 g/mol. The summed E-state index contributed by atoms with van der Waals surface area (Å²) in [6.45, 7) is 1.12. The van der Waals surface area contributed by atoms with Gasteiger partial charge in [0.05, 0.1) is 25.1 Å². The van der Waals surface area contributed by atoms with Crippen LogP contribution in [0.5, 0.6) is 0 Å². The first-order valence-corrected chi connectivity index (χ1v) is 10.2. The minimum Gasteiger partial charge on any atom is -0.351 e. The van der Waals surface area contributed by atoms with E-state index in [4.69, 9.17) is 4.74 Å². The van der Waals surface area contributed by atoms with Crippen LogP contribution in [0, 0.1) is 0 Å². The lowest BCUT2D eigenvalue weighted by Gasteiger charge is -2.33. The van der Waals surface area contributed by atoms with Gasteiger partial charge in [0, 0.05) is 25.2 Å². The highest BCUT2D eigenvalue weighted by atomic mass is 16.5. The summed E-state index contributed by atoms with van der Waals surface area (Å²) in [5, 5.41) is 0. The van der Waals surface area contributed by atoms with Gasteiger partial charge >= 0.3 is 0 Å². The van der Waals surface area contributed by atoms with Gasteiger partial charge in [-0.15, -0.1) is 0 Å². The lowest BCUT2D eigenvalue weighted by Crippen LogP contribution is -2.49. The fraction of sp³-hybridized carbons (Fsp3) is 0.455. The fourth-order valence-corrected chi connectivity index (χ4v) is 5.40. The quantitative estimate of drug-likeness (QED) is 0.827. The Labute approximate surface area is 163 Å². The van der Waals surface area contributed by atoms with Gasteiger partial charge in [0.15, 0.2) is 5.72 Å². The van der Waals surface area contributed by atoms with Gasteiger partial charge < -0.3 is 19.1 Å². The summed E-state index contributed by atoms with van der Waals surface area (Å²) >= 11 is 0.